The van der Waals surface area contributed by atoms with Gasteiger partial charge in [0.15, 0.2) is 0 Å². The van der Waals surface area contributed by atoms with Crippen LogP contribution in [0, 0.1) is 11.8 Å². The number of nitrogens with zero attached hydrogens (tertiary/aromatic N) is 1. The summed E-state index contributed by atoms with van der Waals surface area (Å²) in [5.74, 6) is -0.0745. The van der Waals surface area contributed by atoms with Crippen molar-refractivity contribution < 1.29 is 18.0 Å². The first-order chi connectivity index (χ1) is 9.19. The molecule has 0 aliphatic heterocycles. The molecule has 3 nitrogen and oxygen atoms in total. The molecule has 1 unspecified atom stereocenters. The molecule has 0 heterocycles. The summed E-state index contributed by atoms with van der Waals surface area (Å²) < 4.78 is 37.5. The van der Waals surface area contributed by atoms with Gasteiger partial charge in [0.05, 0.1) is 0 Å². The molecule has 0 aromatic heterocycles. The van der Waals surface area contributed by atoms with Gasteiger partial charge in [-0.1, -0.05) is 27.2 Å². The first-order valence-corrected chi connectivity index (χ1v) is 7.24. The lowest BCUT2D eigenvalue weighted by Gasteiger charge is -2.26. The normalized spacial score (nSPS) is 13.6. The van der Waals surface area contributed by atoms with E-state index in [4.69, 9.17) is 5.73 Å². The predicted molar refractivity (Wildman–Crippen MR) is 74.2 cm³/mol. The number of carbonyl (C=O) groups is 1. The first kappa shape index (κ1) is 19.2. The van der Waals surface area contributed by atoms with Crippen LogP contribution in [0.3, 0.4) is 0 Å². The third-order valence-corrected chi connectivity index (χ3v) is 3.23. The molecule has 0 aliphatic rings. The van der Waals surface area contributed by atoms with Gasteiger partial charge < -0.3 is 10.6 Å². The molecule has 120 valence electrons. The molecule has 0 fully saturated rings. The van der Waals surface area contributed by atoms with E-state index in [1.54, 1.807) is 13.8 Å². The Hall–Kier alpha value is -0.780. The molecule has 0 aromatic carbocycles. The van der Waals surface area contributed by atoms with E-state index in [0.717, 1.165) is 17.7 Å². The summed E-state index contributed by atoms with van der Waals surface area (Å²) in [5.41, 5.74) is 5.48. The second-order valence-corrected chi connectivity index (χ2v) is 5.67. The van der Waals surface area contributed by atoms with E-state index in [1.165, 1.54) is 0 Å². The number of nitrogens with two attached hydrogens (primary N) is 1. The van der Waals surface area contributed by atoms with E-state index in [0.29, 0.717) is 18.9 Å². The number of amides is 1. The lowest BCUT2D eigenvalue weighted by Crippen LogP contribution is -2.41. The van der Waals surface area contributed by atoms with Crippen molar-refractivity contribution in [2.24, 2.45) is 17.6 Å². The van der Waals surface area contributed by atoms with Gasteiger partial charge in [0.2, 0.25) is 5.91 Å². The van der Waals surface area contributed by atoms with Gasteiger partial charge in [0.1, 0.15) is 6.54 Å². The van der Waals surface area contributed by atoms with Crippen LogP contribution >= 0.6 is 0 Å². The Morgan fingerprint density at radius 1 is 1.25 bits per heavy atom. The van der Waals surface area contributed by atoms with E-state index < -0.39 is 18.6 Å². The van der Waals surface area contributed by atoms with Crippen LogP contribution in [0.1, 0.15) is 46.5 Å². The lowest BCUT2D eigenvalue weighted by atomic mass is 9.96. The van der Waals surface area contributed by atoms with Crippen molar-refractivity contribution in [1.29, 1.82) is 0 Å². The first-order valence-electron chi connectivity index (χ1n) is 7.24. The third kappa shape index (κ3) is 9.18. The predicted octanol–water partition coefficient (Wildman–Crippen LogP) is 3.19. The van der Waals surface area contributed by atoms with E-state index in [-0.39, 0.29) is 18.9 Å². The maximum atomic E-state index is 12.5. The summed E-state index contributed by atoms with van der Waals surface area (Å²) in [6, 6.07) is 0. The van der Waals surface area contributed by atoms with E-state index in [2.05, 4.69) is 0 Å². The second-order valence-electron chi connectivity index (χ2n) is 5.67. The van der Waals surface area contributed by atoms with Gasteiger partial charge in [-0.15, -0.1) is 0 Å². The van der Waals surface area contributed by atoms with Gasteiger partial charge in [-0.05, 0) is 31.2 Å². The molecule has 2 N–H and O–H groups in total. The molecule has 0 aromatic rings. The van der Waals surface area contributed by atoms with Crippen molar-refractivity contribution in [3.05, 3.63) is 0 Å². The van der Waals surface area contributed by atoms with Gasteiger partial charge in [-0.3, -0.25) is 4.79 Å². The Morgan fingerprint density at radius 2 is 1.85 bits per heavy atom. The fourth-order valence-corrected chi connectivity index (χ4v) is 2.19. The third-order valence-electron chi connectivity index (χ3n) is 3.23. The Bertz CT molecular complexity index is 280. The quantitative estimate of drug-likeness (QED) is 0.710. The largest absolute Gasteiger partial charge is 0.406 e. The monoisotopic (exact) mass is 296 g/mol. The molecule has 1 amide bonds. The van der Waals surface area contributed by atoms with Crippen LogP contribution in [0.5, 0.6) is 0 Å². The molecule has 6 heteroatoms. The summed E-state index contributed by atoms with van der Waals surface area (Å²) in [4.78, 5) is 12.9. The SMILES string of the molecule is CCC(CCN)CCC(=O)N(CC(C)C)CC(F)(F)F. The fraction of sp³-hybridized carbons (Fsp3) is 0.929. The minimum Gasteiger partial charge on any atom is -0.333 e. The molecule has 0 saturated heterocycles. The average molecular weight is 296 g/mol. The number of rotatable bonds is 9. The Balaban J connectivity index is 4.46. The maximum Gasteiger partial charge on any atom is 0.406 e. The summed E-state index contributed by atoms with van der Waals surface area (Å²) in [6.45, 7) is 5.15. The minimum absolute atomic E-state index is 0.0207. The molecule has 0 spiro atoms. The van der Waals surface area contributed by atoms with Crippen LogP contribution < -0.4 is 5.73 Å². The van der Waals surface area contributed by atoms with Crippen LogP contribution in [0.2, 0.25) is 0 Å². The number of halogens is 3. The van der Waals surface area contributed by atoms with Crippen LogP contribution in [0.4, 0.5) is 13.2 Å². The van der Waals surface area contributed by atoms with E-state index in [9.17, 15) is 18.0 Å². The zero-order chi connectivity index (χ0) is 15.8. The summed E-state index contributed by atoms with van der Waals surface area (Å²) in [5, 5.41) is 0. The number of hydrogen-bond acceptors (Lipinski definition) is 2. The smallest absolute Gasteiger partial charge is 0.333 e. The molecule has 1 atom stereocenters. The fourth-order valence-electron chi connectivity index (χ4n) is 2.19. The van der Waals surface area contributed by atoms with Gasteiger partial charge >= 0.3 is 6.18 Å². The van der Waals surface area contributed by atoms with Gasteiger partial charge in [0.25, 0.3) is 0 Å². The topological polar surface area (TPSA) is 46.3 Å². The Kier molecular flexibility index (Phi) is 8.85. The number of carbonyl (C=O) groups excluding carboxylic acids is 1. The molecule has 0 rings (SSSR count). The molecule has 0 radical (unpaired) electrons. The highest BCUT2D eigenvalue weighted by molar-refractivity contribution is 5.76. The summed E-state index contributed by atoms with van der Waals surface area (Å²) >= 11 is 0. The molecular weight excluding hydrogens is 269 g/mol. The van der Waals surface area contributed by atoms with Crippen LogP contribution in [0.15, 0.2) is 0 Å². The van der Waals surface area contributed by atoms with E-state index >= 15 is 0 Å². The number of hydrogen-bond donors (Lipinski definition) is 1. The van der Waals surface area contributed by atoms with Crippen LogP contribution in [0.25, 0.3) is 0 Å². The summed E-state index contributed by atoms with van der Waals surface area (Å²) in [6.07, 6.45) is -1.85. The molecule has 0 bridgehead atoms. The highest BCUT2D eigenvalue weighted by Crippen LogP contribution is 2.20. The van der Waals surface area contributed by atoms with Crippen molar-refractivity contribution in [2.75, 3.05) is 19.6 Å². The highest BCUT2D eigenvalue weighted by Gasteiger charge is 2.33. The van der Waals surface area contributed by atoms with Crippen molar-refractivity contribution in [3.8, 4) is 0 Å². The average Bonchev–Trinajstić information content (AvgIpc) is 2.30. The standard InChI is InChI=1S/C14H27F3N2O/c1-4-12(7-8-18)5-6-13(20)19(9-11(2)3)10-14(15,16)17/h11-12H,4-10,18H2,1-3H3. The Labute approximate surface area is 119 Å². The van der Waals surface area contributed by atoms with Gasteiger partial charge in [-0.25, -0.2) is 0 Å². The molecule has 0 aliphatic carbocycles. The van der Waals surface area contributed by atoms with Crippen LogP contribution in [-0.4, -0.2) is 36.6 Å². The highest BCUT2D eigenvalue weighted by atomic mass is 19.4. The zero-order valence-electron chi connectivity index (χ0n) is 12.7. The number of alkyl halides is 3. The second kappa shape index (κ2) is 9.21. The molecular formula is C14H27F3N2O. The Morgan fingerprint density at radius 3 is 2.25 bits per heavy atom. The van der Waals surface area contributed by atoms with Gasteiger partial charge in [-0.2, -0.15) is 13.2 Å². The van der Waals surface area contributed by atoms with Crippen molar-refractivity contribution in [1.82, 2.24) is 4.90 Å². The molecule has 20 heavy (non-hydrogen) atoms. The van der Waals surface area contributed by atoms with E-state index in [1.807, 2.05) is 6.92 Å². The zero-order valence-corrected chi connectivity index (χ0v) is 12.7. The van der Waals surface area contributed by atoms with Crippen molar-refractivity contribution in [2.45, 2.75) is 52.6 Å². The van der Waals surface area contributed by atoms with Crippen molar-refractivity contribution >= 4 is 5.91 Å². The minimum atomic E-state index is -4.34. The van der Waals surface area contributed by atoms with Crippen LogP contribution in [-0.2, 0) is 4.79 Å². The van der Waals surface area contributed by atoms with Crippen molar-refractivity contribution in [3.63, 3.8) is 0 Å². The maximum absolute atomic E-state index is 12.5. The van der Waals surface area contributed by atoms with Gasteiger partial charge in [0, 0.05) is 13.0 Å². The lowest BCUT2D eigenvalue weighted by molar-refractivity contribution is -0.162. The summed E-state index contributed by atoms with van der Waals surface area (Å²) in [7, 11) is 0. The molecule has 0 saturated carbocycles.